The number of rotatable bonds is 3. The van der Waals surface area contributed by atoms with Crippen LogP contribution in [0.4, 0.5) is 0 Å². The fourth-order valence-corrected chi connectivity index (χ4v) is 1.26. The molecule has 0 amide bonds. The summed E-state index contributed by atoms with van der Waals surface area (Å²) < 4.78 is 9.80. The van der Waals surface area contributed by atoms with Crippen molar-refractivity contribution in [3.63, 3.8) is 0 Å². The second-order valence-corrected chi connectivity index (χ2v) is 3.31. The molecule has 0 saturated heterocycles. The van der Waals surface area contributed by atoms with E-state index in [4.69, 9.17) is 9.47 Å². The first-order chi connectivity index (χ1) is 7.54. The molecule has 86 valence electrons. The van der Waals surface area contributed by atoms with Crippen molar-refractivity contribution in [3.05, 3.63) is 29.3 Å². The van der Waals surface area contributed by atoms with Gasteiger partial charge in [-0.1, -0.05) is 6.07 Å². The predicted molar refractivity (Wildman–Crippen MR) is 58.4 cm³/mol. The van der Waals surface area contributed by atoms with Crippen molar-refractivity contribution in [2.24, 2.45) is 0 Å². The molecule has 0 aliphatic rings. The lowest BCUT2D eigenvalue weighted by Crippen LogP contribution is -2.10. The van der Waals surface area contributed by atoms with Crippen LogP contribution in [-0.2, 0) is 9.53 Å². The van der Waals surface area contributed by atoms with Crippen LogP contribution in [0.3, 0.4) is 0 Å². The molecule has 0 aliphatic heterocycles. The van der Waals surface area contributed by atoms with Crippen molar-refractivity contribution in [2.45, 2.75) is 20.8 Å². The van der Waals surface area contributed by atoms with Crippen molar-refractivity contribution in [1.82, 2.24) is 0 Å². The van der Waals surface area contributed by atoms with Gasteiger partial charge in [-0.2, -0.15) is 0 Å². The molecular formula is C12H14O4. The Morgan fingerprint density at radius 2 is 2.00 bits per heavy atom. The quantitative estimate of drug-likeness (QED) is 0.580. The molecule has 0 fully saturated rings. The zero-order valence-corrected chi connectivity index (χ0v) is 9.57. The largest absolute Gasteiger partial charge is 0.462 e. The van der Waals surface area contributed by atoms with E-state index in [0.717, 1.165) is 5.56 Å². The lowest BCUT2D eigenvalue weighted by molar-refractivity contribution is -0.131. The molecule has 0 N–H and O–H groups in total. The summed E-state index contributed by atoms with van der Waals surface area (Å²) in [6.45, 7) is 5.14. The lowest BCUT2D eigenvalue weighted by atomic mass is 10.1. The number of benzene rings is 1. The molecule has 0 spiro atoms. The highest BCUT2D eigenvalue weighted by Crippen LogP contribution is 2.21. The molecule has 0 unspecified atom stereocenters. The maximum atomic E-state index is 11.6. The van der Waals surface area contributed by atoms with Gasteiger partial charge in [0.1, 0.15) is 11.3 Å². The van der Waals surface area contributed by atoms with Gasteiger partial charge < -0.3 is 9.47 Å². The average molecular weight is 222 g/mol. The first kappa shape index (κ1) is 12.2. The van der Waals surface area contributed by atoms with Gasteiger partial charge in [0.2, 0.25) is 0 Å². The molecule has 4 heteroatoms. The molecule has 0 heterocycles. The maximum absolute atomic E-state index is 11.6. The maximum Gasteiger partial charge on any atom is 0.341 e. The molecule has 0 aromatic heterocycles. The second-order valence-electron chi connectivity index (χ2n) is 3.31. The number of carbonyl (C=O) groups is 2. The van der Waals surface area contributed by atoms with Gasteiger partial charge in [0.05, 0.1) is 6.61 Å². The summed E-state index contributed by atoms with van der Waals surface area (Å²) in [7, 11) is 0. The molecule has 1 rings (SSSR count). The lowest BCUT2D eigenvalue weighted by Gasteiger charge is -2.08. The SMILES string of the molecule is CCOC(=O)c1cc(C)ccc1OC(C)=O. The van der Waals surface area contributed by atoms with Crippen molar-refractivity contribution >= 4 is 11.9 Å². The summed E-state index contributed by atoms with van der Waals surface area (Å²) >= 11 is 0. The van der Waals surface area contributed by atoms with E-state index in [2.05, 4.69) is 0 Å². The standard InChI is InChI=1S/C12H14O4/c1-4-15-12(14)10-7-8(2)5-6-11(10)16-9(3)13/h5-7H,4H2,1-3H3. The third-order valence-corrected chi connectivity index (χ3v) is 1.88. The van der Waals surface area contributed by atoms with Crippen LogP contribution in [0.2, 0.25) is 0 Å². The van der Waals surface area contributed by atoms with E-state index < -0.39 is 11.9 Å². The first-order valence-corrected chi connectivity index (χ1v) is 5.00. The summed E-state index contributed by atoms with van der Waals surface area (Å²) in [5, 5.41) is 0. The van der Waals surface area contributed by atoms with E-state index in [1.54, 1.807) is 25.1 Å². The monoisotopic (exact) mass is 222 g/mol. The number of hydrogen-bond donors (Lipinski definition) is 0. The topological polar surface area (TPSA) is 52.6 Å². The van der Waals surface area contributed by atoms with Gasteiger partial charge in [0, 0.05) is 6.92 Å². The molecule has 0 bridgehead atoms. The number of carbonyl (C=O) groups excluding carboxylic acids is 2. The van der Waals surface area contributed by atoms with Crippen molar-refractivity contribution in [2.75, 3.05) is 6.61 Å². The number of esters is 2. The van der Waals surface area contributed by atoms with Crippen LogP contribution in [-0.4, -0.2) is 18.5 Å². The van der Waals surface area contributed by atoms with Crippen molar-refractivity contribution in [1.29, 1.82) is 0 Å². The van der Waals surface area contributed by atoms with Gasteiger partial charge in [-0.25, -0.2) is 4.79 Å². The van der Waals surface area contributed by atoms with E-state index in [0.29, 0.717) is 0 Å². The zero-order chi connectivity index (χ0) is 12.1. The van der Waals surface area contributed by atoms with Crippen LogP contribution < -0.4 is 4.74 Å². The fraction of sp³-hybridized carbons (Fsp3) is 0.333. The van der Waals surface area contributed by atoms with Crippen LogP contribution in [0.1, 0.15) is 29.8 Å². The van der Waals surface area contributed by atoms with Crippen molar-refractivity contribution in [3.8, 4) is 5.75 Å². The highest BCUT2D eigenvalue weighted by atomic mass is 16.5. The Morgan fingerprint density at radius 3 is 2.56 bits per heavy atom. The summed E-state index contributed by atoms with van der Waals surface area (Å²) in [6.07, 6.45) is 0. The van der Waals surface area contributed by atoms with Crippen LogP contribution in [0.5, 0.6) is 5.75 Å². The zero-order valence-electron chi connectivity index (χ0n) is 9.57. The summed E-state index contributed by atoms with van der Waals surface area (Å²) in [6, 6.07) is 4.99. The molecule has 0 radical (unpaired) electrons. The Bertz CT molecular complexity index is 409. The third kappa shape index (κ3) is 3.08. The molecule has 1 aromatic rings. The molecule has 1 aromatic carbocycles. The van der Waals surface area contributed by atoms with Gasteiger partial charge in [-0.15, -0.1) is 0 Å². The smallest absolute Gasteiger partial charge is 0.341 e. The highest BCUT2D eigenvalue weighted by molar-refractivity contribution is 5.93. The second kappa shape index (κ2) is 5.30. The van der Waals surface area contributed by atoms with Gasteiger partial charge in [0.15, 0.2) is 0 Å². The third-order valence-electron chi connectivity index (χ3n) is 1.88. The molecule has 0 saturated carbocycles. The normalized spacial score (nSPS) is 9.69. The molecule has 16 heavy (non-hydrogen) atoms. The Kier molecular flexibility index (Phi) is 4.05. The van der Waals surface area contributed by atoms with Gasteiger partial charge in [-0.3, -0.25) is 4.79 Å². The molecular weight excluding hydrogens is 208 g/mol. The van der Waals surface area contributed by atoms with Gasteiger partial charge in [-0.05, 0) is 31.5 Å². The molecule has 0 atom stereocenters. The first-order valence-electron chi connectivity index (χ1n) is 5.00. The van der Waals surface area contributed by atoms with Crippen LogP contribution in [0.15, 0.2) is 18.2 Å². The van der Waals surface area contributed by atoms with Crippen molar-refractivity contribution < 1.29 is 19.1 Å². The van der Waals surface area contributed by atoms with E-state index in [9.17, 15) is 9.59 Å². The highest BCUT2D eigenvalue weighted by Gasteiger charge is 2.15. The molecule has 0 aliphatic carbocycles. The minimum absolute atomic E-state index is 0.233. The Hall–Kier alpha value is -1.84. The number of ether oxygens (including phenoxy) is 2. The molecule has 4 nitrogen and oxygen atoms in total. The van der Waals surface area contributed by atoms with E-state index in [1.165, 1.54) is 6.92 Å². The van der Waals surface area contributed by atoms with Gasteiger partial charge in [0.25, 0.3) is 0 Å². The minimum Gasteiger partial charge on any atom is -0.462 e. The van der Waals surface area contributed by atoms with E-state index in [-0.39, 0.29) is 17.9 Å². The average Bonchev–Trinajstić information content (AvgIpc) is 2.20. The fourth-order valence-electron chi connectivity index (χ4n) is 1.26. The Morgan fingerprint density at radius 1 is 1.31 bits per heavy atom. The summed E-state index contributed by atoms with van der Waals surface area (Å²) in [5.74, 6) is -0.714. The van der Waals surface area contributed by atoms with E-state index >= 15 is 0 Å². The van der Waals surface area contributed by atoms with E-state index in [1.807, 2.05) is 6.92 Å². The number of hydrogen-bond acceptors (Lipinski definition) is 4. The minimum atomic E-state index is -0.484. The predicted octanol–water partition coefficient (Wildman–Crippen LogP) is 2.10. The Labute approximate surface area is 94.2 Å². The number of aryl methyl sites for hydroxylation is 1. The Balaban J connectivity index is 3.07. The van der Waals surface area contributed by atoms with Gasteiger partial charge >= 0.3 is 11.9 Å². The van der Waals surface area contributed by atoms with Crippen LogP contribution in [0.25, 0.3) is 0 Å². The summed E-state index contributed by atoms with van der Waals surface area (Å²) in [4.78, 5) is 22.4. The van der Waals surface area contributed by atoms with Crippen LogP contribution in [0, 0.1) is 6.92 Å². The summed E-state index contributed by atoms with van der Waals surface area (Å²) in [5.41, 5.74) is 1.18. The van der Waals surface area contributed by atoms with Crippen LogP contribution >= 0.6 is 0 Å².